The molecule has 0 unspecified atom stereocenters. The molecule has 0 aliphatic heterocycles. The average Bonchev–Trinajstić information content (AvgIpc) is 2.64. The third-order valence-electron chi connectivity index (χ3n) is 3.69. The van der Waals surface area contributed by atoms with Gasteiger partial charge in [0.2, 0.25) is 5.91 Å². The van der Waals surface area contributed by atoms with Crippen LogP contribution < -0.4 is 5.32 Å². The van der Waals surface area contributed by atoms with Gasteiger partial charge in [-0.15, -0.1) is 0 Å². The summed E-state index contributed by atoms with van der Waals surface area (Å²) >= 11 is 1.62. The zero-order chi connectivity index (χ0) is 17.5. The second-order valence-electron chi connectivity index (χ2n) is 5.59. The highest BCUT2D eigenvalue weighted by Gasteiger charge is 2.08. The van der Waals surface area contributed by atoms with Crippen LogP contribution in [-0.2, 0) is 11.2 Å². The largest absolute Gasteiger partial charge is 0.325 e. The van der Waals surface area contributed by atoms with E-state index >= 15 is 0 Å². The van der Waals surface area contributed by atoms with Crippen molar-refractivity contribution in [1.29, 1.82) is 0 Å². The van der Waals surface area contributed by atoms with Gasteiger partial charge >= 0.3 is 0 Å². The normalized spacial score (nSPS) is 10.4. The van der Waals surface area contributed by atoms with Crippen LogP contribution >= 0.6 is 11.8 Å². The summed E-state index contributed by atoms with van der Waals surface area (Å²) in [5.74, 6) is -0.314. The van der Waals surface area contributed by atoms with E-state index in [1.165, 1.54) is 12.1 Å². The molecule has 3 aromatic carbocycles. The second-order valence-corrected chi connectivity index (χ2v) is 6.70. The molecule has 1 amide bonds. The Morgan fingerprint density at radius 2 is 1.56 bits per heavy atom. The maximum absolute atomic E-state index is 12.9. The molecule has 0 heterocycles. The Kier molecular flexibility index (Phi) is 5.86. The molecular weight excluding hydrogens is 333 g/mol. The molecule has 0 aliphatic carbocycles. The Bertz CT molecular complexity index is 834. The molecule has 1 N–H and O–H groups in total. The van der Waals surface area contributed by atoms with Crippen LogP contribution in [0.3, 0.4) is 0 Å². The van der Waals surface area contributed by atoms with Crippen molar-refractivity contribution in [3.05, 3.63) is 90.2 Å². The van der Waals surface area contributed by atoms with E-state index in [2.05, 4.69) is 5.32 Å². The summed E-state index contributed by atoms with van der Waals surface area (Å²) < 4.78 is 12.9. The Balaban J connectivity index is 1.62. The van der Waals surface area contributed by atoms with Gasteiger partial charge in [-0.25, -0.2) is 4.39 Å². The third kappa shape index (κ3) is 5.19. The van der Waals surface area contributed by atoms with Crippen LogP contribution in [0.4, 0.5) is 10.1 Å². The van der Waals surface area contributed by atoms with Gasteiger partial charge in [0, 0.05) is 16.2 Å². The van der Waals surface area contributed by atoms with E-state index in [1.54, 1.807) is 23.9 Å². The van der Waals surface area contributed by atoms with Crippen molar-refractivity contribution in [3.8, 4) is 0 Å². The van der Waals surface area contributed by atoms with E-state index in [0.29, 0.717) is 12.8 Å². The van der Waals surface area contributed by atoms with Crippen molar-refractivity contribution in [2.75, 3.05) is 5.32 Å². The topological polar surface area (TPSA) is 29.1 Å². The number of hydrogen-bond acceptors (Lipinski definition) is 2. The lowest BCUT2D eigenvalue weighted by Gasteiger charge is -2.11. The summed E-state index contributed by atoms with van der Waals surface area (Å²) in [7, 11) is 0. The molecule has 0 radical (unpaired) electrons. The van der Waals surface area contributed by atoms with Crippen LogP contribution in [0.25, 0.3) is 0 Å². The van der Waals surface area contributed by atoms with E-state index in [0.717, 1.165) is 21.0 Å². The molecule has 0 saturated heterocycles. The summed E-state index contributed by atoms with van der Waals surface area (Å²) in [6.45, 7) is 0. The molecule has 0 aromatic heterocycles. The van der Waals surface area contributed by atoms with Crippen molar-refractivity contribution in [1.82, 2.24) is 0 Å². The molecule has 3 rings (SSSR count). The Morgan fingerprint density at radius 3 is 2.32 bits per heavy atom. The van der Waals surface area contributed by atoms with Gasteiger partial charge in [0.15, 0.2) is 0 Å². The molecule has 3 aromatic rings. The van der Waals surface area contributed by atoms with Gasteiger partial charge < -0.3 is 5.32 Å². The van der Waals surface area contributed by atoms with Crippen LogP contribution in [0, 0.1) is 5.82 Å². The monoisotopic (exact) mass is 351 g/mol. The summed E-state index contributed by atoms with van der Waals surface area (Å²) in [5.41, 5.74) is 1.75. The molecular formula is C21H18FNOS. The van der Waals surface area contributed by atoms with E-state index in [1.807, 2.05) is 54.6 Å². The molecule has 2 nitrogen and oxygen atoms in total. The smallest absolute Gasteiger partial charge is 0.224 e. The Morgan fingerprint density at radius 1 is 0.880 bits per heavy atom. The number of carbonyl (C=O) groups excluding carboxylic acids is 1. The van der Waals surface area contributed by atoms with Crippen LogP contribution in [0.5, 0.6) is 0 Å². The SMILES string of the molecule is O=C(CCc1ccc(F)cc1)Nc1ccccc1Sc1ccccc1. The number of halogens is 1. The first-order valence-electron chi connectivity index (χ1n) is 8.07. The highest BCUT2D eigenvalue weighted by molar-refractivity contribution is 7.99. The highest BCUT2D eigenvalue weighted by atomic mass is 32.2. The number of anilines is 1. The maximum atomic E-state index is 12.9. The van der Waals surface area contributed by atoms with Gasteiger partial charge in [-0.05, 0) is 48.4 Å². The molecule has 0 aliphatic rings. The van der Waals surface area contributed by atoms with Crippen molar-refractivity contribution in [2.45, 2.75) is 22.6 Å². The van der Waals surface area contributed by atoms with E-state index in [-0.39, 0.29) is 11.7 Å². The lowest BCUT2D eigenvalue weighted by Crippen LogP contribution is -2.12. The summed E-state index contributed by atoms with van der Waals surface area (Å²) in [6, 6.07) is 24.1. The van der Waals surface area contributed by atoms with Crippen LogP contribution in [0.2, 0.25) is 0 Å². The molecule has 0 bridgehead atoms. The number of hydrogen-bond donors (Lipinski definition) is 1. The number of rotatable bonds is 6. The summed E-state index contributed by atoms with van der Waals surface area (Å²) in [6.07, 6.45) is 0.941. The molecule has 0 spiro atoms. The number of benzene rings is 3. The van der Waals surface area contributed by atoms with Gasteiger partial charge in [0.25, 0.3) is 0 Å². The first-order chi connectivity index (χ1) is 12.2. The van der Waals surface area contributed by atoms with E-state index < -0.39 is 0 Å². The predicted molar refractivity (Wildman–Crippen MR) is 100 cm³/mol. The minimum Gasteiger partial charge on any atom is -0.325 e. The lowest BCUT2D eigenvalue weighted by atomic mass is 10.1. The Labute approximate surface area is 151 Å². The number of amides is 1. The quantitative estimate of drug-likeness (QED) is 0.631. The fourth-order valence-corrected chi connectivity index (χ4v) is 3.32. The van der Waals surface area contributed by atoms with Gasteiger partial charge in [-0.3, -0.25) is 4.79 Å². The van der Waals surface area contributed by atoms with E-state index in [4.69, 9.17) is 0 Å². The summed E-state index contributed by atoms with van der Waals surface area (Å²) in [5, 5.41) is 2.98. The van der Waals surface area contributed by atoms with Gasteiger partial charge in [-0.1, -0.05) is 54.2 Å². The Hall–Kier alpha value is -2.59. The molecule has 126 valence electrons. The zero-order valence-electron chi connectivity index (χ0n) is 13.6. The number of para-hydroxylation sites is 1. The van der Waals surface area contributed by atoms with E-state index in [9.17, 15) is 9.18 Å². The molecule has 0 fully saturated rings. The van der Waals surface area contributed by atoms with Crippen molar-refractivity contribution < 1.29 is 9.18 Å². The minimum absolute atomic E-state index is 0.0505. The maximum Gasteiger partial charge on any atom is 0.224 e. The first kappa shape index (κ1) is 17.2. The molecule has 0 saturated carbocycles. The number of carbonyl (C=O) groups is 1. The lowest BCUT2D eigenvalue weighted by molar-refractivity contribution is -0.116. The third-order valence-corrected chi connectivity index (χ3v) is 4.77. The zero-order valence-corrected chi connectivity index (χ0v) is 14.4. The fourth-order valence-electron chi connectivity index (χ4n) is 2.40. The standard InChI is InChI=1S/C21H18FNOS/c22-17-13-10-16(11-14-17)12-15-21(24)23-19-8-4-5-9-20(19)25-18-6-2-1-3-7-18/h1-11,13-14H,12,15H2,(H,23,24). The highest BCUT2D eigenvalue weighted by Crippen LogP contribution is 2.33. The number of aryl methyl sites for hydroxylation is 1. The molecule has 0 atom stereocenters. The summed E-state index contributed by atoms with van der Waals surface area (Å²) in [4.78, 5) is 14.4. The van der Waals surface area contributed by atoms with Crippen LogP contribution in [0.1, 0.15) is 12.0 Å². The fraction of sp³-hybridized carbons (Fsp3) is 0.0952. The van der Waals surface area contributed by atoms with Crippen LogP contribution in [-0.4, -0.2) is 5.91 Å². The minimum atomic E-state index is -0.264. The number of nitrogens with one attached hydrogen (secondary N) is 1. The van der Waals surface area contributed by atoms with Gasteiger partial charge in [0.05, 0.1) is 5.69 Å². The molecule has 4 heteroatoms. The van der Waals surface area contributed by atoms with Crippen molar-refractivity contribution >= 4 is 23.4 Å². The van der Waals surface area contributed by atoms with Crippen molar-refractivity contribution in [2.24, 2.45) is 0 Å². The van der Waals surface area contributed by atoms with Gasteiger partial charge in [-0.2, -0.15) is 0 Å². The first-order valence-corrected chi connectivity index (χ1v) is 8.88. The van der Waals surface area contributed by atoms with Crippen LogP contribution in [0.15, 0.2) is 88.7 Å². The predicted octanol–water partition coefficient (Wildman–Crippen LogP) is 5.55. The molecule has 25 heavy (non-hydrogen) atoms. The second kappa shape index (κ2) is 8.49. The van der Waals surface area contributed by atoms with Gasteiger partial charge in [0.1, 0.15) is 5.82 Å². The van der Waals surface area contributed by atoms with Crippen molar-refractivity contribution in [3.63, 3.8) is 0 Å². The average molecular weight is 351 g/mol.